The highest BCUT2D eigenvalue weighted by molar-refractivity contribution is 14.1. The molecule has 0 aliphatic heterocycles. The van der Waals surface area contributed by atoms with Crippen molar-refractivity contribution in [3.63, 3.8) is 0 Å². The molecule has 1 heterocycles. The lowest BCUT2D eigenvalue weighted by atomic mass is 10.2. The number of nitrogens with zero attached hydrogens (tertiary/aromatic N) is 2. The maximum atomic E-state index is 11.7. The van der Waals surface area contributed by atoms with E-state index in [0.29, 0.717) is 12.1 Å². The molecule has 0 unspecified atom stereocenters. The van der Waals surface area contributed by atoms with Crippen LogP contribution in [0.3, 0.4) is 0 Å². The van der Waals surface area contributed by atoms with Gasteiger partial charge in [-0.15, -0.1) is 6.58 Å². The van der Waals surface area contributed by atoms with Gasteiger partial charge in [-0.3, -0.25) is 4.79 Å². The molecule has 15 heavy (non-hydrogen) atoms. The fourth-order valence-electron chi connectivity index (χ4n) is 1.30. The molecule has 0 amide bonds. The van der Waals surface area contributed by atoms with Crippen molar-refractivity contribution in [3.8, 4) is 0 Å². The number of aryl methyl sites for hydroxylation is 1. The van der Waals surface area contributed by atoms with Gasteiger partial charge in [-0.05, 0) is 35.4 Å². The second-order valence-electron chi connectivity index (χ2n) is 3.33. The van der Waals surface area contributed by atoms with Crippen LogP contribution in [0, 0.1) is 3.70 Å². The summed E-state index contributed by atoms with van der Waals surface area (Å²) in [7, 11) is 0. The summed E-state index contributed by atoms with van der Waals surface area (Å²) in [5, 5.41) is 0. The number of aromatic nitrogens is 2. The monoisotopic (exact) mass is 318 g/mol. The Morgan fingerprint density at radius 1 is 1.73 bits per heavy atom. The van der Waals surface area contributed by atoms with E-state index in [1.165, 1.54) is 0 Å². The summed E-state index contributed by atoms with van der Waals surface area (Å²) in [4.78, 5) is 15.9. The van der Waals surface area contributed by atoms with Crippen LogP contribution in [-0.2, 0) is 6.54 Å². The molecule has 1 aromatic rings. The van der Waals surface area contributed by atoms with E-state index in [2.05, 4.69) is 41.1 Å². The first-order valence-electron chi connectivity index (χ1n) is 5.05. The van der Waals surface area contributed by atoms with Crippen LogP contribution in [0.5, 0.6) is 0 Å². The van der Waals surface area contributed by atoms with Crippen molar-refractivity contribution in [3.05, 3.63) is 28.4 Å². The molecule has 0 spiro atoms. The molecule has 1 aromatic heterocycles. The third kappa shape index (κ3) is 3.15. The normalized spacial score (nSPS) is 10.3. The van der Waals surface area contributed by atoms with E-state index in [-0.39, 0.29) is 5.78 Å². The Morgan fingerprint density at radius 3 is 3.07 bits per heavy atom. The van der Waals surface area contributed by atoms with Gasteiger partial charge >= 0.3 is 0 Å². The Hall–Kier alpha value is -0.650. The first-order chi connectivity index (χ1) is 7.20. The number of rotatable bonds is 6. The molecule has 0 atom stereocenters. The fraction of sp³-hybridized carbons (Fsp3) is 0.455. The SMILES string of the molecule is C=CCCC(=O)c1ncn(CCC)c1I. The van der Waals surface area contributed by atoms with E-state index in [1.807, 2.05) is 4.57 Å². The zero-order chi connectivity index (χ0) is 11.3. The van der Waals surface area contributed by atoms with Crippen LogP contribution < -0.4 is 0 Å². The van der Waals surface area contributed by atoms with Crippen molar-refractivity contribution in [2.45, 2.75) is 32.7 Å². The quantitative estimate of drug-likeness (QED) is 0.459. The van der Waals surface area contributed by atoms with Crippen LogP contribution in [0.4, 0.5) is 0 Å². The summed E-state index contributed by atoms with van der Waals surface area (Å²) in [5.41, 5.74) is 0.603. The number of ketones is 1. The second kappa shape index (κ2) is 6.05. The first kappa shape index (κ1) is 12.4. The van der Waals surface area contributed by atoms with Crippen LogP contribution in [0.2, 0.25) is 0 Å². The zero-order valence-corrected chi connectivity index (χ0v) is 11.0. The number of Topliss-reactive ketones (excluding diaryl/α,β-unsaturated/α-hetero) is 1. The maximum absolute atomic E-state index is 11.7. The van der Waals surface area contributed by atoms with Crippen molar-refractivity contribution in [2.75, 3.05) is 0 Å². The summed E-state index contributed by atoms with van der Waals surface area (Å²) < 4.78 is 2.96. The Morgan fingerprint density at radius 2 is 2.47 bits per heavy atom. The molecular formula is C11H15IN2O. The van der Waals surface area contributed by atoms with Gasteiger partial charge in [-0.2, -0.15) is 0 Å². The van der Waals surface area contributed by atoms with Gasteiger partial charge < -0.3 is 4.57 Å². The maximum Gasteiger partial charge on any atom is 0.184 e. The predicted octanol–water partition coefficient (Wildman–Crippen LogP) is 3.05. The lowest BCUT2D eigenvalue weighted by Gasteiger charge is -2.01. The van der Waals surface area contributed by atoms with Crippen LogP contribution in [0.25, 0.3) is 0 Å². The average molecular weight is 318 g/mol. The minimum absolute atomic E-state index is 0.106. The molecule has 3 nitrogen and oxygen atoms in total. The largest absolute Gasteiger partial charge is 0.325 e. The smallest absolute Gasteiger partial charge is 0.184 e. The van der Waals surface area contributed by atoms with Gasteiger partial charge in [0.15, 0.2) is 5.78 Å². The minimum atomic E-state index is 0.106. The number of carbonyl (C=O) groups is 1. The van der Waals surface area contributed by atoms with Crippen molar-refractivity contribution in [2.24, 2.45) is 0 Å². The first-order valence-corrected chi connectivity index (χ1v) is 6.13. The Balaban J connectivity index is 2.76. The van der Waals surface area contributed by atoms with Gasteiger partial charge in [0, 0.05) is 13.0 Å². The van der Waals surface area contributed by atoms with E-state index in [1.54, 1.807) is 12.4 Å². The molecule has 0 aliphatic rings. The number of carbonyl (C=O) groups excluding carboxylic acids is 1. The molecule has 0 N–H and O–H groups in total. The van der Waals surface area contributed by atoms with Crippen molar-refractivity contribution in [1.29, 1.82) is 0 Å². The minimum Gasteiger partial charge on any atom is -0.325 e. The average Bonchev–Trinajstić information content (AvgIpc) is 2.58. The van der Waals surface area contributed by atoms with Crippen molar-refractivity contribution in [1.82, 2.24) is 9.55 Å². The number of allylic oxidation sites excluding steroid dienone is 1. The summed E-state index contributed by atoms with van der Waals surface area (Å²) in [6.45, 7) is 6.63. The molecule has 0 aliphatic carbocycles. The Bertz CT molecular complexity index is 357. The lowest BCUT2D eigenvalue weighted by Crippen LogP contribution is -2.04. The number of hydrogen-bond acceptors (Lipinski definition) is 2. The molecule has 0 bridgehead atoms. The van der Waals surface area contributed by atoms with Gasteiger partial charge in [0.1, 0.15) is 9.39 Å². The van der Waals surface area contributed by atoms with Gasteiger partial charge in [0.25, 0.3) is 0 Å². The van der Waals surface area contributed by atoms with Gasteiger partial charge in [0.2, 0.25) is 0 Å². The molecule has 0 aromatic carbocycles. The molecule has 4 heteroatoms. The second-order valence-corrected chi connectivity index (χ2v) is 4.35. The summed E-state index contributed by atoms with van der Waals surface area (Å²) in [5.74, 6) is 0.106. The number of hydrogen-bond donors (Lipinski definition) is 0. The highest BCUT2D eigenvalue weighted by Gasteiger charge is 2.14. The third-order valence-electron chi connectivity index (χ3n) is 2.08. The summed E-state index contributed by atoms with van der Waals surface area (Å²) >= 11 is 2.18. The van der Waals surface area contributed by atoms with Gasteiger partial charge in [0.05, 0.1) is 6.33 Å². The molecule has 0 fully saturated rings. The van der Waals surface area contributed by atoms with Crippen LogP contribution in [0.15, 0.2) is 19.0 Å². The van der Waals surface area contributed by atoms with Crippen LogP contribution in [-0.4, -0.2) is 15.3 Å². The molecule has 0 radical (unpaired) electrons. The van der Waals surface area contributed by atoms with Gasteiger partial charge in [-0.1, -0.05) is 13.0 Å². The zero-order valence-electron chi connectivity index (χ0n) is 8.87. The predicted molar refractivity (Wildman–Crippen MR) is 69.0 cm³/mol. The van der Waals surface area contributed by atoms with Crippen molar-refractivity contribution >= 4 is 28.4 Å². The standard InChI is InChI=1S/C11H15IN2O/c1-3-5-6-9(15)10-11(12)14(7-4-2)8-13-10/h3,8H,1,4-7H2,2H3. The topological polar surface area (TPSA) is 34.9 Å². The molecule has 82 valence electrons. The fourth-order valence-corrected chi connectivity index (χ4v) is 2.11. The molecular weight excluding hydrogens is 303 g/mol. The van der Waals surface area contributed by atoms with E-state index in [4.69, 9.17) is 0 Å². The Kier molecular flexibility index (Phi) is 5.01. The molecule has 0 saturated carbocycles. The van der Waals surface area contributed by atoms with Crippen LogP contribution in [0.1, 0.15) is 36.7 Å². The lowest BCUT2D eigenvalue weighted by molar-refractivity contribution is 0.0978. The molecule has 1 rings (SSSR count). The van der Waals surface area contributed by atoms with Gasteiger partial charge in [-0.25, -0.2) is 4.98 Å². The summed E-state index contributed by atoms with van der Waals surface area (Å²) in [6.07, 6.45) is 5.77. The third-order valence-corrected chi connectivity index (χ3v) is 3.21. The number of halogens is 1. The number of imidazole rings is 1. The van der Waals surface area contributed by atoms with E-state index in [0.717, 1.165) is 23.1 Å². The Labute approximate surface area is 104 Å². The highest BCUT2D eigenvalue weighted by Crippen LogP contribution is 2.14. The summed E-state index contributed by atoms with van der Waals surface area (Å²) in [6, 6.07) is 0. The highest BCUT2D eigenvalue weighted by atomic mass is 127. The van der Waals surface area contributed by atoms with E-state index < -0.39 is 0 Å². The van der Waals surface area contributed by atoms with Crippen molar-refractivity contribution < 1.29 is 4.79 Å². The molecule has 0 saturated heterocycles. The van der Waals surface area contributed by atoms with Crippen LogP contribution >= 0.6 is 22.6 Å². The van der Waals surface area contributed by atoms with E-state index >= 15 is 0 Å². The van der Waals surface area contributed by atoms with E-state index in [9.17, 15) is 4.79 Å².